The molecule has 2 heterocycles. The van der Waals surface area contributed by atoms with Gasteiger partial charge in [-0.2, -0.15) is 0 Å². The van der Waals surface area contributed by atoms with Crippen molar-refractivity contribution in [3.05, 3.63) is 36.0 Å². The van der Waals surface area contributed by atoms with Crippen LogP contribution in [-0.4, -0.2) is 30.3 Å². The smallest absolute Gasteiger partial charge is 0.356 e. The third kappa shape index (κ3) is 2.55. The molecule has 94 valence electrons. The van der Waals surface area contributed by atoms with Crippen molar-refractivity contribution in [3.8, 4) is 0 Å². The van der Waals surface area contributed by atoms with Gasteiger partial charge in [-0.15, -0.1) is 0 Å². The molecule has 0 saturated carbocycles. The molecule has 0 aromatic carbocycles. The summed E-state index contributed by atoms with van der Waals surface area (Å²) >= 11 is 0. The number of rotatable bonds is 4. The van der Waals surface area contributed by atoms with Crippen molar-refractivity contribution in [2.24, 2.45) is 0 Å². The van der Waals surface area contributed by atoms with Crippen LogP contribution in [0.15, 0.2) is 24.7 Å². The van der Waals surface area contributed by atoms with Crippen molar-refractivity contribution in [2.75, 3.05) is 0 Å². The van der Waals surface area contributed by atoms with E-state index in [-0.39, 0.29) is 11.5 Å². The summed E-state index contributed by atoms with van der Waals surface area (Å²) in [5.41, 5.74) is 0.461. The molecule has 1 atom stereocenters. The molecule has 0 radical (unpaired) electrons. The van der Waals surface area contributed by atoms with Crippen LogP contribution in [0.3, 0.4) is 0 Å². The third-order valence-electron chi connectivity index (χ3n) is 2.08. The molecule has 0 aliphatic heterocycles. The number of carbonyl (C=O) groups is 1. The van der Waals surface area contributed by atoms with Crippen molar-refractivity contribution in [1.82, 2.24) is 19.5 Å². The largest absolute Gasteiger partial charge is 0.476 e. The maximum absolute atomic E-state index is 10.8. The van der Waals surface area contributed by atoms with E-state index in [2.05, 4.69) is 15.1 Å². The number of hydrogen-bond acceptors (Lipinski definition) is 4. The number of hydrogen-bond donors (Lipinski definition) is 3. The van der Waals surface area contributed by atoms with E-state index in [0.717, 1.165) is 0 Å². The highest BCUT2D eigenvalue weighted by molar-refractivity contribution is 7.35. The van der Waals surface area contributed by atoms with Crippen LogP contribution in [0.5, 0.6) is 0 Å². The summed E-state index contributed by atoms with van der Waals surface area (Å²) in [5.74, 6) is -0.903. The van der Waals surface area contributed by atoms with Crippen molar-refractivity contribution in [2.45, 2.75) is 0 Å². The molecular formula is C9H9N4O4P. The molecule has 3 N–H and O–H groups in total. The monoisotopic (exact) mass is 268 g/mol. The second-order valence-electron chi connectivity index (χ2n) is 3.25. The zero-order valence-corrected chi connectivity index (χ0v) is 9.94. The molecule has 0 bridgehead atoms. The molecule has 0 fully saturated rings. The third-order valence-corrected chi connectivity index (χ3v) is 2.49. The number of nitrogens with zero attached hydrogens (tertiary/aromatic N) is 3. The van der Waals surface area contributed by atoms with Gasteiger partial charge in [0.05, 0.1) is 5.69 Å². The molecular weight excluding hydrogens is 259 g/mol. The maximum atomic E-state index is 10.8. The quantitative estimate of drug-likeness (QED) is 0.685. The van der Waals surface area contributed by atoms with Crippen LogP contribution < -0.4 is 5.09 Å². The van der Waals surface area contributed by atoms with Crippen LogP contribution in [0, 0.1) is 0 Å². The van der Waals surface area contributed by atoms with E-state index in [1.54, 1.807) is 6.07 Å². The Morgan fingerprint density at radius 3 is 3.00 bits per heavy atom. The normalized spacial score (nSPS) is 12.9. The molecule has 0 aliphatic rings. The van der Waals surface area contributed by atoms with E-state index in [9.17, 15) is 9.36 Å². The number of carboxylic acids is 1. The van der Waals surface area contributed by atoms with Gasteiger partial charge in [-0.05, 0) is 12.1 Å². The lowest BCUT2D eigenvalue weighted by molar-refractivity contribution is 0.0691. The van der Waals surface area contributed by atoms with Crippen LogP contribution in [0.25, 0.3) is 11.9 Å². The molecule has 2 aromatic rings. The molecule has 0 spiro atoms. The van der Waals surface area contributed by atoms with Gasteiger partial charge in [-0.1, -0.05) is 0 Å². The van der Waals surface area contributed by atoms with E-state index in [1.807, 2.05) is 0 Å². The minimum atomic E-state index is -2.79. The number of aromatic nitrogens is 3. The molecule has 0 saturated heterocycles. The standard InChI is InChI=1S/C9H9N4O4P/c14-8(15)7-5-13-6(2-4-11-18(16)17)1-3-10-9(13)12-7/h1-5,18H,(H,14,15)(H2,11,16,17)/b4-2+. The lowest BCUT2D eigenvalue weighted by Gasteiger charge is -1.98. The van der Waals surface area contributed by atoms with Gasteiger partial charge >= 0.3 is 5.97 Å². The Bertz CT molecular complexity index is 651. The number of nitrogens with one attached hydrogen (secondary N) is 1. The van der Waals surface area contributed by atoms with E-state index < -0.39 is 14.1 Å². The summed E-state index contributed by atoms with van der Waals surface area (Å²) in [4.78, 5) is 27.1. The fourth-order valence-electron chi connectivity index (χ4n) is 1.35. The van der Waals surface area contributed by atoms with Gasteiger partial charge in [-0.25, -0.2) is 14.8 Å². The Hall–Kier alpha value is -2.18. The highest BCUT2D eigenvalue weighted by Gasteiger charge is 2.10. The van der Waals surface area contributed by atoms with Crippen LogP contribution in [0.2, 0.25) is 0 Å². The number of fused-ring (bicyclic) bond motifs is 1. The summed E-state index contributed by atoms with van der Waals surface area (Å²) in [6.45, 7) is 0. The Balaban J connectivity index is 2.41. The fourth-order valence-corrected chi connectivity index (χ4v) is 1.58. The summed E-state index contributed by atoms with van der Waals surface area (Å²) in [6, 6.07) is 1.62. The topological polar surface area (TPSA) is 117 Å². The molecule has 9 heteroatoms. The highest BCUT2D eigenvalue weighted by atomic mass is 31.1. The van der Waals surface area contributed by atoms with Crippen molar-refractivity contribution in [1.29, 1.82) is 0 Å². The summed E-state index contributed by atoms with van der Waals surface area (Å²) in [7, 11) is -2.79. The van der Waals surface area contributed by atoms with Crippen LogP contribution >= 0.6 is 8.18 Å². The Labute approximate surface area is 102 Å². The highest BCUT2D eigenvalue weighted by Crippen LogP contribution is 2.09. The predicted octanol–water partition coefficient (Wildman–Crippen LogP) is 0.370. The minimum Gasteiger partial charge on any atom is -0.476 e. The van der Waals surface area contributed by atoms with Gasteiger partial charge in [0.1, 0.15) is 0 Å². The average Bonchev–Trinajstić information content (AvgIpc) is 2.73. The van der Waals surface area contributed by atoms with E-state index >= 15 is 0 Å². The van der Waals surface area contributed by atoms with Crippen molar-refractivity contribution < 1.29 is 19.4 Å². The predicted molar refractivity (Wildman–Crippen MR) is 63.3 cm³/mol. The first kappa shape index (κ1) is 12.3. The zero-order chi connectivity index (χ0) is 13.1. The summed E-state index contributed by atoms with van der Waals surface area (Å²) < 4.78 is 11.9. The maximum Gasteiger partial charge on any atom is 0.356 e. The first-order valence-corrected chi connectivity index (χ1v) is 6.17. The first-order valence-electron chi connectivity index (χ1n) is 4.81. The molecule has 2 aromatic heterocycles. The van der Waals surface area contributed by atoms with E-state index in [0.29, 0.717) is 5.69 Å². The van der Waals surface area contributed by atoms with E-state index in [1.165, 1.54) is 29.1 Å². The lowest BCUT2D eigenvalue weighted by atomic mass is 10.4. The van der Waals surface area contributed by atoms with Crippen LogP contribution in [0.4, 0.5) is 0 Å². The number of imidazole rings is 1. The molecule has 1 unspecified atom stereocenters. The zero-order valence-electron chi connectivity index (χ0n) is 8.94. The van der Waals surface area contributed by atoms with Gasteiger partial charge < -0.3 is 15.1 Å². The molecule has 0 amide bonds. The summed E-state index contributed by atoms with van der Waals surface area (Å²) in [6.07, 6.45) is 5.61. The van der Waals surface area contributed by atoms with Gasteiger partial charge in [0, 0.05) is 18.6 Å². The average molecular weight is 268 g/mol. The SMILES string of the molecule is O=C(O)c1cn2c(/C=C/N[PH](=O)O)ccnc2n1. The van der Waals surface area contributed by atoms with Gasteiger partial charge in [0.15, 0.2) is 5.69 Å². The molecule has 18 heavy (non-hydrogen) atoms. The Kier molecular flexibility index (Phi) is 3.40. The van der Waals surface area contributed by atoms with Crippen LogP contribution in [0.1, 0.15) is 16.2 Å². The molecule has 0 aliphatic carbocycles. The van der Waals surface area contributed by atoms with Gasteiger partial charge in [-0.3, -0.25) is 8.97 Å². The number of aromatic carboxylic acids is 1. The van der Waals surface area contributed by atoms with Crippen molar-refractivity contribution in [3.63, 3.8) is 0 Å². The van der Waals surface area contributed by atoms with Gasteiger partial charge in [0.2, 0.25) is 5.78 Å². The molecule has 2 rings (SSSR count). The van der Waals surface area contributed by atoms with Gasteiger partial charge in [0.25, 0.3) is 8.18 Å². The van der Waals surface area contributed by atoms with Crippen molar-refractivity contribution >= 4 is 26.0 Å². The van der Waals surface area contributed by atoms with Crippen LogP contribution in [-0.2, 0) is 4.57 Å². The Morgan fingerprint density at radius 2 is 2.33 bits per heavy atom. The lowest BCUT2D eigenvalue weighted by Crippen LogP contribution is -1.95. The Morgan fingerprint density at radius 1 is 1.56 bits per heavy atom. The first-order chi connectivity index (χ1) is 8.58. The second kappa shape index (κ2) is 4.99. The summed E-state index contributed by atoms with van der Waals surface area (Å²) in [5, 5.41) is 11.1. The minimum absolute atomic E-state index is 0.118. The molecule has 8 nitrogen and oxygen atoms in total. The number of carboxylic acid groups (broad SMARTS) is 1. The van der Waals surface area contributed by atoms with E-state index in [4.69, 9.17) is 10.00 Å². The fraction of sp³-hybridized carbons (Fsp3) is 0. The second-order valence-corrected chi connectivity index (χ2v) is 4.15.